The highest BCUT2D eigenvalue weighted by molar-refractivity contribution is 6.18. The molecule has 0 spiro atoms. The van der Waals surface area contributed by atoms with Gasteiger partial charge in [0.25, 0.3) is 0 Å². The molecule has 1 aliphatic heterocycles. The van der Waals surface area contributed by atoms with Crippen LogP contribution in [0.4, 0.5) is 0 Å². The fourth-order valence-corrected chi connectivity index (χ4v) is 5.19. The number of nitrogens with zero attached hydrogens (tertiary/aromatic N) is 2. The predicted molar refractivity (Wildman–Crippen MR) is 130 cm³/mol. The Kier molecular flexibility index (Phi) is 5.86. The van der Waals surface area contributed by atoms with Gasteiger partial charge in [-0.05, 0) is 36.6 Å². The maximum atomic E-state index is 9.80. The van der Waals surface area contributed by atoms with Gasteiger partial charge in [0, 0.05) is 28.2 Å². The monoisotopic (exact) mass is 440 g/mol. The average molecular weight is 441 g/mol. The molecule has 3 aromatic carbocycles. The van der Waals surface area contributed by atoms with Gasteiger partial charge < -0.3 is 14.7 Å². The molecule has 1 aliphatic carbocycles. The maximum absolute atomic E-state index is 9.80. The summed E-state index contributed by atoms with van der Waals surface area (Å²) in [5, 5.41) is 13.4. The molecule has 2 aliphatic rings. The zero-order valence-electron chi connectivity index (χ0n) is 19.0. The van der Waals surface area contributed by atoms with Gasteiger partial charge in [-0.1, -0.05) is 66.5 Å². The lowest BCUT2D eigenvalue weighted by molar-refractivity contribution is 0.319. The first kappa shape index (κ1) is 21.3. The van der Waals surface area contributed by atoms with Crippen molar-refractivity contribution in [1.82, 2.24) is 0 Å². The zero-order chi connectivity index (χ0) is 22.8. The Hall–Kier alpha value is -3.60. The Morgan fingerprint density at radius 1 is 0.879 bits per heavy atom. The SMILES string of the molecule is COc1cc2c(cc1OC)[C@H]1CCCC[C@H]1N=C2c1cccc(/C(=N/O)c2ccccc2)c1. The quantitative estimate of drug-likeness (QED) is 0.309. The smallest absolute Gasteiger partial charge is 0.161 e. The van der Waals surface area contributed by atoms with Crippen molar-refractivity contribution in [3.8, 4) is 11.5 Å². The molecule has 5 heteroatoms. The number of hydrogen-bond donors (Lipinski definition) is 1. The molecule has 1 N–H and O–H groups in total. The van der Waals surface area contributed by atoms with E-state index in [-0.39, 0.29) is 6.04 Å². The van der Waals surface area contributed by atoms with Crippen molar-refractivity contribution in [2.75, 3.05) is 14.2 Å². The molecule has 1 saturated carbocycles. The Morgan fingerprint density at radius 3 is 2.36 bits per heavy atom. The fourth-order valence-electron chi connectivity index (χ4n) is 5.19. The molecule has 0 unspecified atom stereocenters. The van der Waals surface area contributed by atoms with E-state index in [1.54, 1.807) is 14.2 Å². The highest BCUT2D eigenvalue weighted by atomic mass is 16.5. The van der Waals surface area contributed by atoms with Crippen molar-refractivity contribution in [3.05, 3.63) is 94.5 Å². The van der Waals surface area contributed by atoms with Crippen LogP contribution < -0.4 is 9.47 Å². The van der Waals surface area contributed by atoms with Crippen molar-refractivity contribution >= 4 is 11.4 Å². The molecule has 1 fully saturated rings. The Labute approximate surface area is 194 Å². The van der Waals surface area contributed by atoms with E-state index in [1.807, 2.05) is 42.5 Å². The van der Waals surface area contributed by atoms with E-state index >= 15 is 0 Å². The lowest BCUT2D eigenvalue weighted by Crippen LogP contribution is -2.29. The molecule has 168 valence electrons. The molecule has 0 amide bonds. The summed E-state index contributed by atoms with van der Waals surface area (Å²) in [7, 11) is 3.35. The van der Waals surface area contributed by atoms with Crippen LogP contribution in [0.1, 0.15) is 59.4 Å². The van der Waals surface area contributed by atoms with Gasteiger partial charge in [-0.3, -0.25) is 4.99 Å². The minimum absolute atomic E-state index is 0.267. The number of ether oxygens (including phenoxy) is 2. The first-order valence-corrected chi connectivity index (χ1v) is 11.5. The number of aliphatic imine (C=N–C) groups is 1. The number of hydrogen-bond acceptors (Lipinski definition) is 5. The second-order valence-corrected chi connectivity index (χ2v) is 8.63. The number of oxime groups is 1. The molecular weight excluding hydrogens is 412 g/mol. The Bertz CT molecular complexity index is 1220. The second-order valence-electron chi connectivity index (χ2n) is 8.63. The second kappa shape index (κ2) is 9.10. The van der Waals surface area contributed by atoms with Crippen LogP contribution in [0.25, 0.3) is 0 Å². The molecular formula is C28H28N2O3. The third-order valence-corrected chi connectivity index (χ3v) is 6.79. The summed E-state index contributed by atoms with van der Waals surface area (Å²) >= 11 is 0. The standard InChI is InChI=1S/C28H28N2O3/c1-32-25-16-22-21-13-6-7-14-24(21)29-28(23(22)17-26(25)33-2)20-12-8-11-19(15-20)27(30-31)18-9-4-3-5-10-18/h3-5,8-12,15-17,21,24,31H,6-7,13-14H2,1-2H3/b30-27+/t21-,24-/m1/s1. The van der Waals surface area contributed by atoms with Crippen LogP contribution in [-0.2, 0) is 0 Å². The third-order valence-electron chi connectivity index (χ3n) is 6.79. The van der Waals surface area contributed by atoms with E-state index in [0.29, 0.717) is 17.4 Å². The van der Waals surface area contributed by atoms with Crippen LogP contribution in [0.3, 0.4) is 0 Å². The minimum atomic E-state index is 0.267. The van der Waals surface area contributed by atoms with Crippen LogP contribution in [0.15, 0.2) is 76.9 Å². The summed E-state index contributed by atoms with van der Waals surface area (Å²) in [4.78, 5) is 5.26. The van der Waals surface area contributed by atoms with Crippen LogP contribution in [0.5, 0.6) is 11.5 Å². The van der Waals surface area contributed by atoms with Crippen LogP contribution >= 0.6 is 0 Å². The van der Waals surface area contributed by atoms with E-state index in [2.05, 4.69) is 29.4 Å². The Balaban J connectivity index is 1.64. The van der Waals surface area contributed by atoms with Gasteiger partial charge in [0.2, 0.25) is 0 Å². The maximum Gasteiger partial charge on any atom is 0.161 e. The number of rotatable bonds is 5. The van der Waals surface area contributed by atoms with E-state index in [0.717, 1.165) is 46.6 Å². The summed E-state index contributed by atoms with van der Waals surface area (Å²) in [6, 6.07) is 22.3. The highest BCUT2D eigenvalue weighted by Gasteiger charge is 2.34. The lowest BCUT2D eigenvalue weighted by Gasteiger charge is -2.35. The molecule has 3 aromatic rings. The summed E-state index contributed by atoms with van der Waals surface area (Å²) in [5.74, 6) is 1.87. The van der Waals surface area contributed by atoms with Crippen molar-refractivity contribution in [2.45, 2.75) is 37.6 Å². The summed E-state index contributed by atoms with van der Waals surface area (Å²) in [6.45, 7) is 0. The molecule has 0 aromatic heterocycles. The molecule has 1 heterocycles. The van der Waals surface area contributed by atoms with Gasteiger partial charge in [-0.2, -0.15) is 0 Å². The van der Waals surface area contributed by atoms with Gasteiger partial charge in [0.1, 0.15) is 5.71 Å². The van der Waals surface area contributed by atoms with Crippen LogP contribution in [-0.4, -0.2) is 36.9 Å². The number of methoxy groups -OCH3 is 2. The molecule has 0 saturated heterocycles. The number of fused-ring (bicyclic) bond motifs is 3. The molecule has 5 rings (SSSR count). The van der Waals surface area contributed by atoms with Crippen molar-refractivity contribution in [2.24, 2.45) is 10.1 Å². The topological polar surface area (TPSA) is 63.4 Å². The van der Waals surface area contributed by atoms with Crippen molar-refractivity contribution < 1.29 is 14.7 Å². The van der Waals surface area contributed by atoms with Crippen LogP contribution in [0.2, 0.25) is 0 Å². The third kappa shape index (κ3) is 3.88. The van der Waals surface area contributed by atoms with Gasteiger partial charge >= 0.3 is 0 Å². The molecule has 2 atom stereocenters. The van der Waals surface area contributed by atoms with Gasteiger partial charge in [0.15, 0.2) is 11.5 Å². The van der Waals surface area contributed by atoms with Crippen LogP contribution in [0, 0.1) is 0 Å². The normalized spacial score (nSPS) is 19.8. The summed E-state index contributed by atoms with van der Waals surface area (Å²) in [6.07, 6.45) is 4.66. The molecule has 33 heavy (non-hydrogen) atoms. The van der Waals surface area contributed by atoms with E-state index in [4.69, 9.17) is 14.5 Å². The summed E-state index contributed by atoms with van der Waals surface area (Å²) in [5.41, 5.74) is 6.58. The van der Waals surface area contributed by atoms with E-state index in [1.165, 1.54) is 18.4 Å². The molecule has 0 radical (unpaired) electrons. The predicted octanol–water partition coefficient (Wildman–Crippen LogP) is 5.81. The average Bonchev–Trinajstić information content (AvgIpc) is 2.88. The largest absolute Gasteiger partial charge is 0.493 e. The Morgan fingerprint density at radius 2 is 1.61 bits per heavy atom. The van der Waals surface area contributed by atoms with Crippen molar-refractivity contribution in [3.63, 3.8) is 0 Å². The first-order valence-electron chi connectivity index (χ1n) is 11.5. The van der Waals surface area contributed by atoms with E-state index in [9.17, 15) is 5.21 Å². The number of benzene rings is 3. The lowest BCUT2D eigenvalue weighted by atomic mass is 9.75. The summed E-state index contributed by atoms with van der Waals surface area (Å²) < 4.78 is 11.3. The fraction of sp³-hybridized carbons (Fsp3) is 0.286. The zero-order valence-corrected chi connectivity index (χ0v) is 19.0. The minimum Gasteiger partial charge on any atom is -0.493 e. The molecule has 0 bridgehead atoms. The van der Waals surface area contributed by atoms with Gasteiger partial charge in [0.05, 0.1) is 26.0 Å². The highest BCUT2D eigenvalue weighted by Crippen LogP contribution is 2.44. The van der Waals surface area contributed by atoms with E-state index < -0.39 is 0 Å². The van der Waals surface area contributed by atoms with Gasteiger partial charge in [-0.25, -0.2) is 0 Å². The van der Waals surface area contributed by atoms with Gasteiger partial charge in [-0.15, -0.1) is 0 Å². The molecule has 5 nitrogen and oxygen atoms in total. The van der Waals surface area contributed by atoms with Crippen molar-refractivity contribution in [1.29, 1.82) is 0 Å². The first-order chi connectivity index (χ1) is 16.2.